The van der Waals surface area contributed by atoms with Gasteiger partial charge in [0.1, 0.15) is 0 Å². The third-order valence-corrected chi connectivity index (χ3v) is 3.71. The van der Waals surface area contributed by atoms with E-state index in [-0.39, 0.29) is 5.54 Å². The molecular formula is C15H21N3S. The molecule has 0 atom stereocenters. The Bertz CT molecular complexity index is 540. The summed E-state index contributed by atoms with van der Waals surface area (Å²) < 4.78 is 2.00. The molecule has 102 valence electrons. The molecule has 3 nitrogen and oxygen atoms in total. The molecule has 2 aromatic rings. The van der Waals surface area contributed by atoms with Crippen molar-refractivity contribution < 1.29 is 0 Å². The van der Waals surface area contributed by atoms with E-state index in [1.165, 1.54) is 16.1 Å². The number of nitrogens with zero attached hydrogens (tertiary/aromatic N) is 2. The van der Waals surface area contributed by atoms with Crippen molar-refractivity contribution in [2.75, 3.05) is 11.6 Å². The average molecular weight is 275 g/mol. The van der Waals surface area contributed by atoms with Crippen LogP contribution in [0, 0.1) is 0 Å². The molecule has 0 aliphatic heterocycles. The maximum Gasteiger partial charge on any atom is 0.0543 e. The SMILES string of the molecule is CSc1ccccc1NCc1cnn(C(C)(C)C)c1. The van der Waals surface area contributed by atoms with Crippen molar-refractivity contribution in [1.82, 2.24) is 9.78 Å². The van der Waals surface area contributed by atoms with Crippen LogP contribution in [0.3, 0.4) is 0 Å². The van der Waals surface area contributed by atoms with Crippen molar-refractivity contribution in [2.24, 2.45) is 0 Å². The molecule has 0 bridgehead atoms. The summed E-state index contributed by atoms with van der Waals surface area (Å²) in [5.41, 5.74) is 2.42. The van der Waals surface area contributed by atoms with Crippen LogP contribution in [0.25, 0.3) is 0 Å². The van der Waals surface area contributed by atoms with Gasteiger partial charge in [0.2, 0.25) is 0 Å². The fourth-order valence-electron chi connectivity index (χ4n) is 1.81. The highest BCUT2D eigenvalue weighted by molar-refractivity contribution is 7.98. The minimum Gasteiger partial charge on any atom is -0.380 e. The van der Waals surface area contributed by atoms with Crippen molar-refractivity contribution >= 4 is 17.4 Å². The maximum absolute atomic E-state index is 4.41. The number of aromatic nitrogens is 2. The summed E-state index contributed by atoms with van der Waals surface area (Å²) in [6, 6.07) is 8.36. The molecule has 0 radical (unpaired) electrons. The summed E-state index contributed by atoms with van der Waals surface area (Å²) in [4.78, 5) is 1.27. The van der Waals surface area contributed by atoms with E-state index < -0.39 is 0 Å². The van der Waals surface area contributed by atoms with Crippen molar-refractivity contribution in [3.05, 3.63) is 42.2 Å². The highest BCUT2D eigenvalue weighted by Gasteiger charge is 2.13. The maximum atomic E-state index is 4.41. The Morgan fingerprint density at radius 3 is 2.63 bits per heavy atom. The molecule has 1 aromatic carbocycles. The van der Waals surface area contributed by atoms with E-state index in [1.807, 2.05) is 10.9 Å². The molecule has 0 aliphatic carbocycles. The van der Waals surface area contributed by atoms with Crippen molar-refractivity contribution in [3.63, 3.8) is 0 Å². The van der Waals surface area contributed by atoms with E-state index in [2.05, 4.69) is 67.9 Å². The number of benzene rings is 1. The van der Waals surface area contributed by atoms with E-state index in [9.17, 15) is 0 Å². The molecule has 0 aliphatic rings. The zero-order valence-electron chi connectivity index (χ0n) is 12.0. The number of nitrogens with one attached hydrogen (secondary N) is 1. The second-order valence-corrected chi connectivity index (χ2v) is 6.37. The van der Waals surface area contributed by atoms with Crippen LogP contribution in [0.15, 0.2) is 41.6 Å². The fourth-order valence-corrected chi connectivity index (χ4v) is 2.38. The molecule has 4 heteroatoms. The van der Waals surface area contributed by atoms with Gasteiger partial charge in [-0.3, -0.25) is 4.68 Å². The van der Waals surface area contributed by atoms with E-state index in [0.29, 0.717) is 0 Å². The van der Waals surface area contributed by atoms with Gasteiger partial charge >= 0.3 is 0 Å². The smallest absolute Gasteiger partial charge is 0.0543 e. The minimum atomic E-state index is 0.0371. The summed E-state index contributed by atoms with van der Waals surface area (Å²) in [6.45, 7) is 7.26. The lowest BCUT2D eigenvalue weighted by Crippen LogP contribution is -2.21. The molecule has 0 fully saturated rings. The van der Waals surface area contributed by atoms with Crippen molar-refractivity contribution in [1.29, 1.82) is 0 Å². The van der Waals surface area contributed by atoms with Gasteiger partial charge in [-0.05, 0) is 39.2 Å². The summed E-state index contributed by atoms with van der Waals surface area (Å²) in [5.74, 6) is 0. The lowest BCUT2D eigenvalue weighted by atomic mass is 10.1. The molecular weight excluding hydrogens is 254 g/mol. The first-order valence-electron chi connectivity index (χ1n) is 6.41. The molecule has 2 rings (SSSR count). The standard InChI is InChI=1S/C15H21N3S/c1-15(2,3)18-11-12(10-17-18)9-16-13-7-5-6-8-14(13)19-4/h5-8,10-11,16H,9H2,1-4H3. The largest absolute Gasteiger partial charge is 0.380 e. The average Bonchev–Trinajstić information content (AvgIpc) is 2.85. The molecule has 0 saturated heterocycles. The van der Waals surface area contributed by atoms with Gasteiger partial charge in [-0.2, -0.15) is 5.10 Å². The van der Waals surface area contributed by atoms with Gasteiger partial charge in [-0.1, -0.05) is 12.1 Å². The highest BCUT2D eigenvalue weighted by atomic mass is 32.2. The third kappa shape index (κ3) is 3.53. The second kappa shape index (κ2) is 5.70. The van der Waals surface area contributed by atoms with Gasteiger partial charge in [0.05, 0.1) is 11.7 Å². The Morgan fingerprint density at radius 1 is 1.26 bits per heavy atom. The first-order chi connectivity index (χ1) is 9.00. The first kappa shape index (κ1) is 14.0. The van der Waals surface area contributed by atoms with Crippen LogP contribution in [0.1, 0.15) is 26.3 Å². The Labute approximate surface area is 119 Å². The highest BCUT2D eigenvalue weighted by Crippen LogP contribution is 2.25. The molecule has 0 saturated carbocycles. The monoisotopic (exact) mass is 275 g/mol. The number of hydrogen-bond acceptors (Lipinski definition) is 3. The van der Waals surface area contributed by atoms with Gasteiger partial charge < -0.3 is 5.32 Å². The predicted octanol–water partition coefficient (Wildman–Crippen LogP) is 3.97. The number of rotatable bonds is 4. The van der Waals surface area contributed by atoms with Crippen LogP contribution in [0.2, 0.25) is 0 Å². The summed E-state index contributed by atoms with van der Waals surface area (Å²) >= 11 is 1.76. The van der Waals surface area contributed by atoms with Gasteiger partial charge in [0, 0.05) is 28.9 Å². The zero-order chi connectivity index (χ0) is 13.9. The Kier molecular flexibility index (Phi) is 4.20. The van der Waals surface area contributed by atoms with Gasteiger partial charge in [0.15, 0.2) is 0 Å². The van der Waals surface area contributed by atoms with Crippen molar-refractivity contribution in [3.8, 4) is 0 Å². The van der Waals surface area contributed by atoms with E-state index >= 15 is 0 Å². The lowest BCUT2D eigenvalue weighted by molar-refractivity contribution is 0.355. The summed E-state index contributed by atoms with van der Waals surface area (Å²) in [5, 5.41) is 7.88. The van der Waals surface area contributed by atoms with Gasteiger partial charge in [0.25, 0.3) is 0 Å². The molecule has 0 unspecified atom stereocenters. The van der Waals surface area contributed by atoms with Gasteiger partial charge in [-0.25, -0.2) is 0 Å². The van der Waals surface area contributed by atoms with Gasteiger partial charge in [-0.15, -0.1) is 11.8 Å². The second-order valence-electron chi connectivity index (χ2n) is 5.52. The van der Waals surface area contributed by atoms with E-state index in [1.54, 1.807) is 11.8 Å². The number of thioether (sulfide) groups is 1. The topological polar surface area (TPSA) is 29.9 Å². The third-order valence-electron chi connectivity index (χ3n) is 2.91. The Hall–Kier alpha value is -1.42. The zero-order valence-corrected chi connectivity index (χ0v) is 12.8. The molecule has 1 N–H and O–H groups in total. The molecule has 0 spiro atoms. The minimum absolute atomic E-state index is 0.0371. The van der Waals surface area contributed by atoms with Crippen LogP contribution in [0.5, 0.6) is 0 Å². The molecule has 0 amide bonds. The van der Waals surface area contributed by atoms with Crippen LogP contribution in [-0.4, -0.2) is 16.0 Å². The van der Waals surface area contributed by atoms with E-state index in [4.69, 9.17) is 0 Å². The summed E-state index contributed by atoms with van der Waals surface area (Å²) in [7, 11) is 0. The van der Waals surface area contributed by atoms with Crippen molar-refractivity contribution in [2.45, 2.75) is 37.8 Å². The fraction of sp³-hybridized carbons (Fsp3) is 0.400. The lowest BCUT2D eigenvalue weighted by Gasteiger charge is -2.18. The van der Waals surface area contributed by atoms with Crippen LogP contribution < -0.4 is 5.32 Å². The predicted molar refractivity (Wildman–Crippen MR) is 82.8 cm³/mol. The Morgan fingerprint density at radius 2 is 2.00 bits per heavy atom. The molecule has 1 heterocycles. The quantitative estimate of drug-likeness (QED) is 0.856. The number of para-hydroxylation sites is 1. The Balaban J connectivity index is 2.05. The van der Waals surface area contributed by atoms with Crippen LogP contribution in [-0.2, 0) is 12.1 Å². The molecule has 1 aromatic heterocycles. The normalized spacial score (nSPS) is 11.6. The number of hydrogen-bond donors (Lipinski definition) is 1. The van der Waals surface area contributed by atoms with E-state index in [0.717, 1.165) is 6.54 Å². The van der Waals surface area contributed by atoms with Crippen LogP contribution >= 0.6 is 11.8 Å². The first-order valence-corrected chi connectivity index (χ1v) is 7.64. The molecule has 19 heavy (non-hydrogen) atoms. The van der Waals surface area contributed by atoms with Crippen LogP contribution in [0.4, 0.5) is 5.69 Å². The summed E-state index contributed by atoms with van der Waals surface area (Å²) in [6.07, 6.45) is 6.13. The number of anilines is 1.